The fourth-order valence-electron chi connectivity index (χ4n) is 2.16. The first-order valence-electron chi connectivity index (χ1n) is 6.51. The summed E-state index contributed by atoms with van der Waals surface area (Å²) in [7, 11) is 0. The molecular weight excluding hydrogens is 218 g/mol. The van der Waals surface area contributed by atoms with Crippen molar-refractivity contribution in [1.82, 2.24) is 9.80 Å². The number of nitrogens with two attached hydrogens (primary N) is 1. The van der Waals surface area contributed by atoms with Crippen LogP contribution in [0.3, 0.4) is 0 Å². The Morgan fingerprint density at radius 3 is 2.59 bits per heavy atom. The van der Waals surface area contributed by atoms with Gasteiger partial charge in [-0.25, -0.2) is 0 Å². The molecule has 1 aliphatic heterocycles. The van der Waals surface area contributed by atoms with Crippen molar-refractivity contribution >= 4 is 5.91 Å². The summed E-state index contributed by atoms with van der Waals surface area (Å²) in [5, 5.41) is 0. The van der Waals surface area contributed by atoms with Crippen LogP contribution in [-0.4, -0.2) is 67.7 Å². The summed E-state index contributed by atoms with van der Waals surface area (Å²) < 4.78 is 5.26. The fraction of sp³-hybridized carbons (Fsp3) is 0.917. The number of nitrogens with zero attached hydrogens (tertiary/aromatic N) is 2. The van der Waals surface area contributed by atoms with E-state index in [1.54, 1.807) is 0 Å². The van der Waals surface area contributed by atoms with E-state index in [1.165, 1.54) is 0 Å². The van der Waals surface area contributed by atoms with Gasteiger partial charge in [0.2, 0.25) is 5.91 Å². The normalized spacial score (nSPS) is 18.5. The summed E-state index contributed by atoms with van der Waals surface area (Å²) in [6, 6.07) is -0.0726. The van der Waals surface area contributed by atoms with Crippen LogP contribution in [0, 0.1) is 0 Å². The highest BCUT2D eigenvalue weighted by Gasteiger charge is 2.26. The first kappa shape index (κ1) is 14.4. The van der Waals surface area contributed by atoms with E-state index in [9.17, 15) is 4.79 Å². The Morgan fingerprint density at radius 1 is 1.41 bits per heavy atom. The molecule has 1 fully saturated rings. The van der Waals surface area contributed by atoms with Crippen molar-refractivity contribution < 1.29 is 9.53 Å². The Hall–Kier alpha value is -0.650. The maximum absolute atomic E-state index is 12.3. The number of rotatable bonds is 6. The molecule has 1 atom stereocenters. The molecule has 0 aliphatic carbocycles. The van der Waals surface area contributed by atoms with Gasteiger partial charge in [0.15, 0.2) is 0 Å². The molecule has 1 rings (SSSR count). The molecule has 1 saturated heterocycles. The number of carbonyl (C=O) groups is 1. The number of ether oxygens (including phenoxy) is 1. The lowest BCUT2D eigenvalue weighted by Crippen LogP contribution is -2.51. The summed E-state index contributed by atoms with van der Waals surface area (Å²) in [5.74, 6) is 0.204. The lowest BCUT2D eigenvalue weighted by atomic mass is 10.2. The van der Waals surface area contributed by atoms with Gasteiger partial charge in [0.25, 0.3) is 0 Å². The molecular formula is C12H25N3O2. The van der Waals surface area contributed by atoms with Crippen LogP contribution < -0.4 is 5.73 Å². The molecule has 100 valence electrons. The van der Waals surface area contributed by atoms with E-state index in [-0.39, 0.29) is 11.9 Å². The Labute approximate surface area is 104 Å². The van der Waals surface area contributed by atoms with Gasteiger partial charge in [-0.3, -0.25) is 9.69 Å². The van der Waals surface area contributed by atoms with E-state index < -0.39 is 0 Å². The number of amides is 1. The smallest absolute Gasteiger partial charge is 0.239 e. The molecule has 0 aromatic heterocycles. The molecule has 2 N–H and O–H groups in total. The molecule has 1 amide bonds. The van der Waals surface area contributed by atoms with Gasteiger partial charge < -0.3 is 15.4 Å². The highest BCUT2D eigenvalue weighted by molar-refractivity contribution is 5.81. The van der Waals surface area contributed by atoms with E-state index in [1.807, 2.05) is 11.8 Å². The van der Waals surface area contributed by atoms with Crippen molar-refractivity contribution in [2.24, 2.45) is 5.73 Å². The first-order valence-corrected chi connectivity index (χ1v) is 6.51. The molecule has 1 aliphatic rings. The largest absolute Gasteiger partial charge is 0.378 e. The van der Waals surface area contributed by atoms with Gasteiger partial charge in [-0.1, -0.05) is 6.92 Å². The van der Waals surface area contributed by atoms with E-state index in [4.69, 9.17) is 10.5 Å². The van der Waals surface area contributed by atoms with Gasteiger partial charge in [0.05, 0.1) is 19.3 Å². The minimum Gasteiger partial charge on any atom is -0.378 e. The molecule has 5 nitrogen and oxygen atoms in total. The number of hydrogen-bond acceptors (Lipinski definition) is 4. The standard InChI is InChI=1S/C12H25N3O2/c1-3-5-14(6-4-13)11(2)12(16)15-7-9-17-10-8-15/h11H,3-10,13H2,1-2H3. The lowest BCUT2D eigenvalue weighted by Gasteiger charge is -2.34. The summed E-state index contributed by atoms with van der Waals surface area (Å²) >= 11 is 0. The third-order valence-electron chi connectivity index (χ3n) is 3.16. The molecule has 0 radical (unpaired) electrons. The number of carbonyl (C=O) groups excluding carboxylic acids is 1. The zero-order chi connectivity index (χ0) is 12.7. The SMILES string of the molecule is CCCN(CCN)C(C)C(=O)N1CCOCC1. The summed E-state index contributed by atoms with van der Waals surface area (Å²) in [4.78, 5) is 16.3. The van der Waals surface area contributed by atoms with Gasteiger partial charge >= 0.3 is 0 Å². The topological polar surface area (TPSA) is 58.8 Å². The number of morpholine rings is 1. The molecule has 5 heteroatoms. The average molecular weight is 243 g/mol. The van der Waals surface area contributed by atoms with E-state index in [2.05, 4.69) is 11.8 Å². The lowest BCUT2D eigenvalue weighted by molar-refractivity contribution is -0.140. The summed E-state index contributed by atoms with van der Waals surface area (Å²) in [5.41, 5.74) is 5.59. The second-order valence-corrected chi connectivity index (χ2v) is 4.44. The highest BCUT2D eigenvalue weighted by Crippen LogP contribution is 2.07. The van der Waals surface area contributed by atoms with Crippen molar-refractivity contribution in [1.29, 1.82) is 0 Å². The summed E-state index contributed by atoms with van der Waals surface area (Å²) in [6.45, 7) is 9.14. The van der Waals surface area contributed by atoms with E-state index >= 15 is 0 Å². The first-order chi connectivity index (χ1) is 8.20. The molecule has 0 aromatic carbocycles. The Kier molecular flexibility index (Phi) is 6.47. The minimum absolute atomic E-state index is 0.0726. The molecule has 0 aromatic rings. The predicted molar refractivity (Wildman–Crippen MR) is 67.8 cm³/mol. The molecule has 1 unspecified atom stereocenters. The van der Waals surface area contributed by atoms with E-state index in [0.29, 0.717) is 32.8 Å². The number of hydrogen-bond donors (Lipinski definition) is 1. The van der Waals surface area contributed by atoms with E-state index in [0.717, 1.165) is 19.5 Å². The summed E-state index contributed by atoms with van der Waals surface area (Å²) in [6.07, 6.45) is 1.04. The van der Waals surface area contributed by atoms with Crippen molar-refractivity contribution in [2.75, 3.05) is 45.9 Å². The van der Waals surface area contributed by atoms with Gasteiger partial charge in [-0.2, -0.15) is 0 Å². The maximum atomic E-state index is 12.3. The van der Waals surface area contributed by atoms with Crippen LogP contribution in [0.1, 0.15) is 20.3 Å². The fourth-order valence-corrected chi connectivity index (χ4v) is 2.16. The van der Waals surface area contributed by atoms with Crippen LogP contribution in [0.5, 0.6) is 0 Å². The molecule has 1 heterocycles. The zero-order valence-corrected chi connectivity index (χ0v) is 11.0. The Morgan fingerprint density at radius 2 is 2.06 bits per heavy atom. The Balaban J connectivity index is 2.51. The van der Waals surface area contributed by atoms with Crippen LogP contribution in [-0.2, 0) is 9.53 Å². The van der Waals surface area contributed by atoms with Crippen molar-refractivity contribution in [3.63, 3.8) is 0 Å². The van der Waals surface area contributed by atoms with Crippen LogP contribution in [0.4, 0.5) is 0 Å². The van der Waals surface area contributed by atoms with Crippen LogP contribution in [0.25, 0.3) is 0 Å². The quantitative estimate of drug-likeness (QED) is 0.708. The minimum atomic E-state index is -0.0726. The van der Waals surface area contributed by atoms with Gasteiger partial charge in [-0.15, -0.1) is 0 Å². The molecule has 0 spiro atoms. The zero-order valence-electron chi connectivity index (χ0n) is 11.0. The molecule has 17 heavy (non-hydrogen) atoms. The van der Waals surface area contributed by atoms with Crippen LogP contribution >= 0.6 is 0 Å². The third kappa shape index (κ3) is 4.26. The second-order valence-electron chi connectivity index (χ2n) is 4.44. The predicted octanol–water partition coefficient (Wildman–Crippen LogP) is -0.0956. The molecule has 0 saturated carbocycles. The maximum Gasteiger partial charge on any atom is 0.239 e. The molecule has 0 bridgehead atoms. The van der Waals surface area contributed by atoms with Crippen molar-refractivity contribution in [2.45, 2.75) is 26.3 Å². The van der Waals surface area contributed by atoms with Crippen LogP contribution in [0.2, 0.25) is 0 Å². The monoisotopic (exact) mass is 243 g/mol. The highest BCUT2D eigenvalue weighted by atomic mass is 16.5. The van der Waals surface area contributed by atoms with Gasteiger partial charge in [0.1, 0.15) is 0 Å². The second kappa shape index (κ2) is 7.63. The van der Waals surface area contributed by atoms with Crippen LogP contribution in [0.15, 0.2) is 0 Å². The Bertz CT molecular complexity index is 224. The van der Waals surface area contributed by atoms with Gasteiger partial charge in [0, 0.05) is 26.2 Å². The van der Waals surface area contributed by atoms with Crippen molar-refractivity contribution in [3.05, 3.63) is 0 Å². The third-order valence-corrected chi connectivity index (χ3v) is 3.16. The van der Waals surface area contributed by atoms with Gasteiger partial charge in [-0.05, 0) is 19.9 Å². The average Bonchev–Trinajstić information content (AvgIpc) is 2.38. The van der Waals surface area contributed by atoms with Crippen molar-refractivity contribution in [3.8, 4) is 0 Å².